The molecular formula is C17H22ClN3O2. The molecule has 124 valence electrons. The lowest BCUT2D eigenvalue weighted by Gasteiger charge is -2.15. The summed E-state index contributed by atoms with van der Waals surface area (Å²) in [7, 11) is 0. The normalized spacial score (nSPS) is 12.4. The third-order valence-electron chi connectivity index (χ3n) is 3.74. The summed E-state index contributed by atoms with van der Waals surface area (Å²) in [5.74, 6) is -0.134. The van der Waals surface area contributed by atoms with Gasteiger partial charge in [-0.1, -0.05) is 38.4 Å². The van der Waals surface area contributed by atoms with Crippen molar-refractivity contribution in [2.75, 3.05) is 6.54 Å². The highest BCUT2D eigenvalue weighted by atomic mass is 35.5. The standard InChI is InChI=1S/C17H22ClN3O2/c1-4-15-14(17(23)19-10-16(22)11(2)3)9-20-21(15)13-7-5-6-12(18)8-13/h5-9,11,16,22H,4,10H2,1-3H3,(H,19,23). The fourth-order valence-electron chi connectivity index (χ4n) is 2.26. The Morgan fingerprint density at radius 1 is 1.43 bits per heavy atom. The minimum Gasteiger partial charge on any atom is -0.391 e. The summed E-state index contributed by atoms with van der Waals surface area (Å²) in [6.07, 6.45) is 1.64. The lowest BCUT2D eigenvalue weighted by atomic mass is 10.1. The molecule has 1 heterocycles. The molecule has 0 aliphatic carbocycles. The van der Waals surface area contributed by atoms with E-state index in [-0.39, 0.29) is 18.4 Å². The first kappa shape index (κ1) is 17.5. The first-order chi connectivity index (χ1) is 10.9. The van der Waals surface area contributed by atoms with Crippen molar-refractivity contribution in [2.45, 2.75) is 33.3 Å². The largest absolute Gasteiger partial charge is 0.391 e. The monoisotopic (exact) mass is 335 g/mol. The molecule has 0 aliphatic heterocycles. The Balaban J connectivity index is 2.22. The van der Waals surface area contributed by atoms with Crippen LogP contribution in [0.15, 0.2) is 30.5 Å². The Hall–Kier alpha value is -1.85. The summed E-state index contributed by atoms with van der Waals surface area (Å²) < 4.78 is 1.72. The van der Waals surface area contributed by atoms with Crippen LogP contribution in [0.3, 0.4) is 0 Å². The molecule has 1 unspecified atom stereocenters. The zero-order valence-corrected chi connectivity index (χ0v) is 14.3. The molecule has 0 spiro atoms. The molecule has 23 heavy (non-hydrogen) atoms. The van der Waals surface area contributed by atoms with E-state index >= 15 is 0 Å². The van der Waals surface area contributed by atoms with Crippen LogP contribution >= 0.6 is 11.6 Å². The number of aliphatic hydroxyl groups excluding tert-OH is 1. The van der Waals surface area contributed by atoms with E-state index in [4.69, 9.17) is 11.6 Å². The molecule has 0 bridgehead atoms. The Kier molecular flexibility index (Phi) is 5.80. The number of nitrogens with zero attached hydrogens (tertiary/aromatic N) is 2. The van der Waals surface area contributed by atoms with Crippen LogP contribution in [-0.4, -0.2) is 33.4 Å². The number of nitrogens with one attached hydrogen (secondary N) is 1. The highest BCUT2D eigenvalue weighted by molar-refractivity contribution is 6.30. The van der Waals surface area contributed by atoms with Gasteiger partial charge in [0.1, 0.15) is 0 Å². The molecule has 2 N–H and O–H groups in total. The zero-order valence-electron chi connectivity index (χ0n) is 13.6. The topological polar surface area (TPSA) is 67.2 Å². The van der Waals surface area contributed by atoms with Crippen LogP contribution < -0.4 is 5.32 Å². The van der Waals surface area contributed by atoms with Crippen molar-refractivity contribution in [2.24, 2.45) is 5.92 Å². The number of benzene rings is 1. The molecule has 0 saturated heterocycles. The molecule has 6 heteroatoms. The van der Waals surface area contributed by atoms with E-state index in [1.807, 2.05) is 32.9 Å². The fourth-order valence-corrected chi connectivity index (χ4v) is 2.45. The van der Waals surface area contributed by atoms with Gasteiger partial charge in [-0.3, -0.25) is 4.79 Å². The SMILES string of the molecule is CCc1c(C(=O)NCC(O)C(C)C)cnn1-c1cccc(Cl)c1. The molecule has 2 aromatic rings. The van der Waals surface area contributed by atoms with Crippen LogP contribution in [0.2, 0.25) is 5.02 Å². The molecule has 1 amide bonds. The van der Waals surface area contributed by atoms with Crippen LogP contribution in [0, 0.1) is 5.92 Å². The maximum absolute atomic E-state index is 12.4. The second-order valence-electron chi connectivity index (χ2n) is 5.77. The highest BCUT2D eigenvalue weighted by Gasteiger charge is 2.18. The second-order valence-corrected chi connectivity index (χ2v) is 6.21. The smallest absolute Gasteiger partial charge is 0.254 e. The third kappa shape index (κ3) is 4.12. The molecule has 1 aromatic carbocycles. The first-order valence-electron chi connectivity index (χ1n) is 7.73. The van der Waals surface area contributed by atoms with E-state index in [1.165, 1.54) is 0 Å². The number of carbonyl (C=O) groups excluding carboxylic acids is 1. The van der Waals surface area contributed by atoms with Gasteiger partial charge in [0.2, 0.25) is 0 Å². The molecule has 1 atom stereocenters. The number of hydrogen-bond donors (Lipinski definition) is 2. The van der Waals surface area contributed by atoms with Crippen LogP contribution in [0.25, 0.3) is 5.69 Å². The number of amides is 1. The van der Waals surface area contributed by atoms with Gasteiger partial charge in [-0.2, -0.15) is 5.10 Å². The Morgan fingerprint density at radius 3 is 2.78 bits per heavy atom. The van der Waals surface area contributed by atoms with E-state index in [0.29, 0.717) is 17.0 Å². The summed E-state index contributed by atoms with van der Waals surface area (Å²) in [5.41, 5.74) is 2.14. The third-order valence-corrected chi connectivity index (χ3v) is 3.98. The van der Waals surface area contributed by atoms with Gasteiger partial charge < -0.3 is 10.4 Å². The molecule has 0 aliphatic rings. The van der Waals surface area contributed by atoms with Crippen molar-refractivity contribution < 1.29 is 9.90 Å². The molecule has 5 nitrogen and oxygen atoms in total. The van der Waals surface area contributed by atoms with Crippen molar-refractivity contribution >= 4 is 17.5 Å². The maximum atomic E-state index is 12.4. The van der Waals surface area contributed by atoms with Crippen molar-refractivity contribution in [3.63, 3.8) is 0 Å². The van der Waals surface area contributed by atoms with E-state index < -0.39 is 6.10 Å². The minimum atomic E-state index is -0.563. The van der Waals surface area contributed by atoms with Gasteiger partial charge in [0.25, 0.3) is 5.91 Å². The quantitative estimate of drug-likeness (QED) is 0.853. The van der Waals surface area contributed by atoms with E-state index in [2.05, 4.69) is 10.4 Å². The number of rotatable bonds is 6. The summed E-state index contributed by atoms with van der Waals surface area (Å²) in [6, 6.07) is 7.33. The van der Waals surface area contributed by atoms with Crippen LogP contribution in [0.5, 0.6) is 0 Å². The summed E-state index contributed by atoms with van der Waals surface area (Å²) in [6.45, 7) is 6.01. The van der Waals surface area contributed by atoms with E-state index in [0.717, 1.165) is 11.4 Å². The summed E-state index contributed by atoms with van der Waals surface area (Å²) in [4.78, 5) is 12.4. The van der Waals surface area contributed by atoms with Crippen molar-refractivity contribution in [1.82, 2.24) is 15.1 Å². The first-order valence-corrected chi connectivity index (χ1v) is 8.11. The van der Waals surface area contributed by atoms with Crippen LogP contribution in [0.4, 0.5) is 0 Å². The number of aliphatic hydroxyl groups is 1. The number of carbonyl (C=O) groups is 1. The van der Waals surface area contributed by atoms with Gasteiger partial charge in [-0.15, -0.1) is 0 Å². The van der Waals surface area contributed by atoms with E-state index in [9.17, 15) is 9.90 Å². The fraction of sp³-hybridized carbons (Fsp3) is 0.412. The Morgan fingerprint density at radius 2 is 2.17 bits per heavy atom. The predicted molar refractivity (Wildman–Crippen MR) is 91.1 cm³/mol. The van der Waals surface area contributed by atoms with Crippen molar-refractivity contribution in [3.8, 4) is 5.69 Å². The van der Waals surface area contributed by atoms with Gasteiger partial charge in [-0.05, 0) is 30.5 Å². The molecule has 2 rings (SSSR count). The lowest BCUT2D eigenvalue weighted by Crippen LogP contribution is -2.35. The number of aromatic nitrogens is 2. The van der Waals surface area contributed by atoms with Crippen LogP contribution in [0.1, 0.15) is 36.8 Å². The number of halogens is 1. The molecule has 1 aromatic heterocycles. The summed E-state index contributed by atoms with van der Waals surface area (Å²) in [5, 5.41) is 17.5. The van der Waals surface area contributed by atoms with Crippen molar-refractivity contribution in [3.05, 3.63) is 46.7 Å². The van der Waals surface area contributed by atoms with Gasteiger partial charge >= 0.3 is 0 Å². The highest BCUT2D eigenvalue weighted by Crippen LogP contribution is 2.19. The zero-order chi connectivity index (χ0) is 17.0. The number of hydrogen-bond acceptors (Lipinski definition) is 3. The average molecular weight is 336 g/mol. The van der Waals surface area contributed by atoms with Gasteiger partial charge in [0, 0.05) is 11.6 Å². The van der Waals surface area contributed by atoms with Gasteiger partial charge in [0.15, 0.2) is 0 Å². The predicted octanol–water partition coefficient (Wildman–Crippen LogP) is 2.83. The lowest BCUT2D eigenvalue weighted by molar-refractivity contribution is 0.0870. The van der Waals surface area contributed by atoms with Crippen molar-refractivity contribution in [1.29, 1.82) is 0 Å². The second kappa shape index (κ2) is 7.62. The maximum Gasteiger partial charge on any atom is 0.254 e. The molecule has 0 saturated carbocycles. The summed E-state index contributed by atoms with van der Waals surface area (Å²) >= 11 is 6.03. The molecular weight excluding hydrogens is 314 g/mol. The van der Waals surface area contributed by atoms with E-state index in [1.54, 1.807) is 23.0 Å². The average Bonchev–Trinajstić information content (AvgIpc) is 2.96. The molecule has 0 fully saturated rings. The Bertz CT molecular complexity index is 682. The van der Waals surface area contributed by atoms with Gasteiger partial charge in [0.05, 0.1) is 29.2 Å². The minimum absolute atomic E-state index is 0.0927. The van der Waals surface area contributed by atoms with Crippen LogP contribution in [-0.2, 0) is 6.42 Å². The Labute approximate surface area is 141 Å². The van der Waals surface area contributed by atoms with Gasteiger partial charge in [-0.25, -0.2) is 4.68 Å². The molecule has 0 radical (unpaired) electrons.